The topological polar surface area (TPSA) is 26.0 Å². The summed E-state index contributed by atoms with van der Waals surface area (Å²) in [5.74, 6) is 0. The first-order chi connectivity index (χ1) is 5.54. The maximum absolute atomic E-state index is 5.79. The summed E-state index contributed by atoms with van der Waals surface area (Å²) < 4.78 is 0. The van der Waals surface area contributed by atoms with E-state index in [0.717, 1.165) is 10.8 Å². The Morgan fingerprint density at radius 1 is 1.08 bits per heavy atom. The first kappa shape index (κ1) is 10.3. The Labute approximate surface area is 86.5 Å². The molecular formula is C7H8Cl3NSi. The third-order valence-electron chi connectivity index (χ3n) is 1.52. The highest BCUT2D eigenvalue weighted by atomic mass is 35.8. The molecule has 1 aromatic carbocycles. The highest BCUT2D eigenvalue weighted by molar-refractivity contribution is 7.69. The standard InChI is InChI=1S/C7H8Cl3NSi/c8-12(9,10)7-3-1-6(5-11)2-4-7/h1-4H,5,11H2. The Morgan fingerprint density at radius 2 is 1.58 bits per heavy atom. The molecule has 2 N–H and O–H groups in total. The number of halogens is 3. The minimum atomic E-state index is -2.69. The van der Waals surface area contributed by atoms with Gasteiger partial charge in [-0.3, -0.25) is 0 Å². The Morgan fingerprint density at radius 3 is 1.92 bits per heavy atom. The first-order valence-corrected chi connectivity index (χ1v) is 8.44. The summed E-state index contributed by atoms with van der Waals surface area (Å²) >= 11 is 17.4. The molecule has 0 aliphatic rings. The number of benzene rings is 1. The van der Waals surface area contributed by atoms with Gasteiger partial charge in [0.1, 0.15) is 0 Å². The second kappa shape index (κ2) is 3.98. The molecule has 1 aromatic rings. The van der Waals surface area contributed by atoms with E-state index >= 15 is 0 Å². The summed E-state index contributed by atoms with van der Waals surface area (Å²) in [6.07, 6.45) is 0. The second-order valence-corrected chi connectivity index (χ2v) is 10.8. The minimum absolute atomic E-state index is 0.516. The van der Waals surface area contributed by atoms with Crippen molar-refractivity contribution in [2.24, 2.45) is 5.73 Å². The van der Waals surface area contributed by atoms with Gasteiger partial charge in [-0.05, 0) is 10.8 Å². The zero-order valence-electron chi connectivity index (χ0n) is 6.23. The van der Waals surface area contributed by atoms with Crippen LogP contribution in [0.5, 0.6) is 0 Å². The Kier molecular flexibility index (Phi) is 3.44. The summed E-state index contributed by atoms with van der Waals surface area (Å²) in [5.41, 5.74) is 6.46. The predicted molar refractivity (Wildman–Crippen MR) is 57.3 cm³/mol. The second-order valence-electron chi connectivity index (χ2n) is 2.40. The summed E-state index contributed by atoms with van der Waals surface area (Å²) in [5, 5.41) is 0.796. The van der Waals surface area contributed by atoms with Crippen LogP contribution in [-0.2, 0) is 6.54 Å². The van der Waals surface area contributed by atoms with Crippen molar-refractivity contribution in [1.82, 2.24) is 0 Å². The molecule has 0 radical (unpaired) electrons. The molecule has 0 spiro atoms. The number of nitrogens with two attached hydrogens (primary N) is 1. The van der Waals surface area contributed by atoms with Crippen molar-refractivity contribution in [2.45, 2.75) is 6.54 Å². The van der Waals surface area contributed by atoms with E-state index < -0.39 is 6.00 Å². The van der Waals surface area contributed by atoms with Crippen LogP contribution in [0, 0.1) is 0 Å². The van der Waals surface area contributed by atoms with Gasteiger partial charge < -0.3 is 5.73 Å². The summed E-state index contributed by atoms with van der Waals surface area (Å²) in [4.78, 5) is 0. The van der Waals surface area contributed by atoms with E-state index in [-0.39, 0.29) is 0 Å². The largest absolute Gasteiger partial charge is 0.372 e. The van der Waals surface area contributed by atoms with Gasteiger partial charge in [-0.2, -0.15) is 0 Å². The van der Waals surface area contributed by atoms with Crippen LogP contribution in [0.15, 0.2) is 24.3 Å². The monoisotopic (exact) mass is 239 g/mol. The minimum Gasteiger partial charge on any atom is -0.326 e. The molecule has 0 saturated heterocycles. The molecule has 0 aliphatic heterocycles. The average molecular weight is 241 g/mol. The van der Waals surface area contributed by atoms with E-state index in [2.05, 4.69) is 0 Å². The molecule has 0 amide bonds. The van der Waals surface area contributed by atoms with Gasteiger partial charge in [0.15, 0.2) is 0 Å². The van der Waals surface area contributed by atoms with E-state index in [1.807, 2.05) is 24.3 Å². The normalized spacial score (nSPS) is 11.7. The Hall–Kier alpha value is 0.267. The van der Waals surface area contributed by atoms with Crippen LogP contribution in [0.1, 0.15) is 5.56 Å². The third-order valence-corrected chi connectivity index (χ3v) is 4.47. The van der Waals surface area contributed by atoms with E-state index in [0.29, 0.717) is 6.54 Å². The molecule has 12 heavy (non-hydrogen) atoms. The maximum Gasteiger partial charge on any atom is 0.372 e. The molecule has 0 fully saturated rings. The molecule has 1 nitrogen and oxygen atoms in total. The van der Waals surface area contributed by atoms with Gasteiger partial charge in [0.25, 0.3) is 0 Å². The van der Waals surface area contributed by atoms with Gasteiger partial charge in [0, 0.05) is 6.54 Å². The van der Waals surface area contributed by atoms with Crippen molar-refractivity contribution in [3.8, 4) is 0 Å². The fourth-order valence-electron chi connectivity index (χ4n) is 0.830. The third kappa shape index (κ3) is 2.64. The SMILES string of the molecule is NCc1ccc([Si](Cl)(Cl)Cl)cc1. The maximum atomic E-state index is 5.79. The molecule has 0 unspecified atom stereocenters. The summed E-state index contributed by atoms with van der Waals surface area (Å²) in [6, 6.07) is 4.71. The molecule has 66 valence electrons. The average Bonchev–Trinajstić information content (AvgIpc) is 2.03. The Bertz CT molecular complexity index is 254. The molecule has 0 aliphatic carbocycles. The van der Waals surface area contributed by atoms with Gasteiger partial charge in [-0.25, -0.2) is 0 Å². The van der Waals surface area contributed by atoms with Crippen LogP contribution in [0.25, 0.3) is 0 Å². The van der Waals surface area contributed by atoms with Crippen LogP contribution in [-0.4, -0.2) is 6.00 Å². The van der Waals surface area contributed by atoms with Crippen LogP contribution in [0.3, 0.4) is 0 Å². The zero-order valence-corrected chi connectivity index (χ0v) is 9.50. The van der Waals surface area contributed by atoms with Gasteiger partial charge in [-0.1, -0.05) is 24.3 Å². The Balaban J connectivity index is 2.93. The lowest BCUT2D eigenvalue weighted by Crippen LogP contribution is -2.29. The fraction of sp³-hybridized carbons (Fsp3) is 0.143. The van der Waals surface area contributed by atoms with E-state index in [1.165, 1.54) is 0 Å². The lowest BCUT2D eigenvalue weighted by Gasteiger charge is -2.07. The van der Waals surface area contributed by atoms with Crippen molar-refractivity contribution in [3.05, 3.63) is 29.8 Å². The van der Waals surface area contributed by atoms with Crippen molar-refractivity contribution < 1.29 is 0 Å². The quantitative estimate of drug-likeness (QED) is 0.621. The smallest absolute Gasteiger partial charge is 0.326 e. The van der Waals surface area contributed by atoms with E-state index in [1.54, 1.807) is 0 Å². The van der Waals surface area contributed by atoms with Gasteiger partial charge in [-0.15, -0.1) is 33.2 Å². The van der Waals surface area contributed by atoms with Crippen molar-refractivity contribution >= 4 is 44.4 Å². The summed E-state index contributed by atoms with van der Waals surface area (Å²) in [7, 11) is 0. The molecule has 0 atom stereocenters. The van der Waals surface area contributed by atoms with Crippen LogP contribution >= 0.6 is 33.2 Å². The van der Waals surface area contributed by atoms with Gasteiger partial charge in [0.2, 0.25) is 0 Å². The summed E-state index contributed by atoms with van der Waals surface area (Å²) in [6.45, 7) is 0.516. The molecular weight excluding hydrogens is 233 g/mol. The van der Waals surface area contributed by atoms with Crippen molar-refractivity contribution in [2.75, 3.05) is 0 Å². The van der Waals surface area contributed by atoms with Crippen LogP contribution in [0.2, 0.25) is 0 Å². The van der Waals surface area contributed by atoms with E-state index in [4.69, 9.17) is 39.0 Å². The first-order valence-electron chi connectivity index (χ1n) is 3.40. The van der Waals surface area contributed by atoms with Crippen LogP contribution in [0.4, 0.5) is 0 Å². The number of hydrogen-bond donors (Lipinski definition) is 1. The lowest BCUT2D eigenvalue weighted by molar-refractivity contribution is 1.07. The van der Waals surface area contributed by atoms with Crippen molar-refractivity contribution in [3.63, 3.8) is 0 Å². The predicted octanol–water partition coefficient (Wildman–Crippen LogP) is 2.01. The zero-order chi connectivity index (χ0) is 9.19. The highest BCUT2D eigenvalue weighted by Crippen LogP contribution is 2.19. The van der Waals surface area contributed by atoms with Gasteiger partial charge >= 0.3 is 6.00 Å². The number of rotatable bonds is 2. The van der Waals surface area contributed by atoms with Crippen molar-refractivity contribution in [1.29, 1.82) is 0 Å². The molecule has 0 bridgehead atoms. The molecule has 5 heteroatoms. The van der Waals surface area contributed by atoms with Gasteiger partial charge in [0.05, 0.1) is 0 Å². The number of hydrogen-bond acceptors (Lipinski definition) is 1. The fourth-order valence-corrected chi connectivity index (χ4v) is 2.51. The lowest BCUT2D eigenvalue weighted by atomic mass is 10.2. The molecule has 0 heterocycles. The molecule has 1 rings (SSSR count). The highest BCUT2D eigenvalue weighted by Gasteiger charge is 2.27. The van der Waals surface area contributed by atoms with Crippen LogP contribution < -0.4 is 10.9 Å². The van der Waals surface area contributed by atoms with E-state index in [9.17, 15) is 0 Å². The molecule has 0 aromatic heterocycles. The molecule has 0 saturated carbocycles.